The van der Waals surface area contributed by atoms with Gasteiger partial charge in [0, 0.05) is 24.1 Å². The Morgan fingerprint density at radius 1 is 1.22 bits per heavy atom. The number of nitrogens with one attached hydrogen (secondary N) is 2. The molecule has 2 aromatic heterocycles. The van der Waals surface area contributed by atoms with Crippen molar-refractivity contribution in [3.05, 3.63) is 60.2 Å². The number of halogens is 2. The quantitative estimate of drug-likeness (QED) is 0.771. The molecule has 0 atom stereocenters. The van der Waals surface area contributed by atoms with E-state index < -0.39 is 11.8 Å². The molecule has 2 N–H and O–H groups in total. The molecule has 9 heteroatoms. The Morgan fingerprint density at radius 3 is 2.83 bits per heavy atom. The standard InChI is InChI=1S/C14H10ClFN6O/c15-10-5-9(1-2-11(10)16)20-14(23)21-12-6-13(19-7-18-12)22-4-3-17-8-22/h1-8H,(H2,18,19,20,21,23). The van der Waals surface area contributed by atoms with Gasteiger partial charge < -0.3 is 5.32 Å². The van der Waals surface area contributed by atoms with E-state index in [-0.39, 0.29) is 5.02 Å². The number of hydrogen-bond acceptors (Lipinski definition) is 4. The average molecular weight is 333 g/mol. The summed E-state index contributed by atoms with van der Waals surface area (Å²) in [5.74, 6) is 0.297. The van der Waals surface area contributed by atoms with Gasteiger partial charge in [0.2, 0.25) is 0 Å². The second-order valence-corrected chi connectivity index (χ2v) is 4.85. The molecule has 0 radical (unpaired) electrons. The van der Waals surface area contributed by atoms with Crippen LogP contribution in [0.5, 0.6) is 0 Å². The highest BCUT2D eigenvalue weighted by Crippen LogP contribution is 2.19. The summed E-state index contributed by atoms with van der Waals surface area (Å²) < 4.78 is 14.7. The molecular weight excluding hydrogens is 323 g/mol. The van der Waals surface area contributed by atoms with Gasteiger partial charge in [-0.1, -0.05) is 11.6 Å². The van der Waals surface area contributed by atoms with E-state index in [1.807, 2.05) is 0 Å². The molecule has 0 aliphatic heterocycles. The van der Waals surface area contributed by atoms with Gasteiger partial charge in [0.15, 0.2) is 0 Å². The Labute approximate surface area is 135 Å². The third-order valence-corrected chi connectivity index (χ3v) is 3.13. The Balaban J connectivity index is 1.70. The number of nitrogens with zero attached hydrogens (tertiary/aromatic N) is 4. The lowest BCUT2D eigenvalue weighted by atomic mass is 10.3. The molecule has 3 aromatic rings. The van der Waals surface area contributed by atoms with Crippen LogP contribution >= 0.6 is 11.6 Å². The SMILES string of the molecule is O=C(Nc1ccc(F)c(Cl)c1)Nc1cc(-n2ccnc2)ncn1. The molecule has 3 rings (SSSR count). The fourth-order valence-electron chi connectivity index (χ4n) is 1.80. The van der Waals surface area contributed by atoms with Crippen LogP contribution in [0.4, 0.5) is 20.7 Å². The number of carbonyl (C=O) groups excluding carboxylic acids is 1. The summed E-state index contributed by atoms with van der Waals surface area (Å²) in [5, 5.41) is 5.01. The topological polar surface area (TPSA) is 84.7 Å². The average Bonchev–Trinajstić information content (AvgIpc) is 3.05. The molecule has 0 aliphatic carbocycles. The normalized spacial score (nSPS) is 10.3. The number of amides is 2. The predicted molar refractivity (Wildman–Crippen MR) is 83.2 cm³/mol. The zero-order valence-corrected chi connectivity index (χ0v) is 12.3. The Hall–Kier alpha value is -3.00. The van der Waals surface area contributed by atoms with E-state index in [0.717, 1.165) is 0 Å². The molecule has 2 heterocycles. The molecule has 23 heavy (non-hydrogen) atoms. The van der Waals surface area contributed by atoms with Crippen molar-refractivity contribution >= 4 is 29.1 Å². The summed E-state index contributed by atoms with van der Waals surface area (Å²) in [5.41, 5.74) is 0.359. The number of aromatic nitrogens is 4. The Morgan fingerprint density at radius 2 is 2.09 bits per heavy atom. The minimum Gasteiger partial charge on any atom is -0.308 e. The van der Waals surface area contributed by atoms with Gasteiger partial charge in [0.25, 0.3) is 0 Å². The third kappa shape index (κ3) is 3.61. The highest BCUT2D eigenvalue weighted by Gasteiger charge is 2.07. The van der Waals surface area contributed by atoms with Crippen LogP contribution in [0.2, 0.25) is 5.02 Å². The fourth-order valence-corrected chi connectivity index (χ4v) is 1.98. The summed E-state index contributed by atoms with van der Waals surface area (Å²) in [6.07, 6.45) is 6.22. The number of imidazole rings is 1. The first-order valence-electron chi connectivity index (χ1n) is 6.45. The molecule has 2 amide bonds. The lowest BCUT2D eigenvalue weighted by molar-refractivity contribution is 0.262. The molecule has 0 saturated carbocycles. The van der Waals surface area contributed by atoms with Crippen LogP contribution in [0.1, 0.15) is 0 Å². The predicted octanol–water partition coefficient (Wildman–Crippen LogP) is 3.10. The number of urea groups is 1. The minimum atomic E-state index is -0.557. The zero-order chi connectivity index (χ0) is 16.2. The summed E-state index contributed by atoms with van der Waals surface area (Å²) >= 11 is 5.66. The van der Waals surface area contributed by atoms with Gasteiger partial charge in [-0.25, -0.2) is 24.1 Å². The number of benzene rings is 1. The Kier molecular flexibility index (Phi) is 4.15. The van der Waals surface area contributed by atoms with E-state index in [0.29, 0.717) is 17.3 Å². The van der Waals surface area contributed by atoms with Gasteiger partial charge in [-0.15, -0.1) is 0 Å². The first-order chi connectivity index (χ1) is 11.1. The van der Waals surface area contributed by atoms with Crippen molar-refractivity contribution in [2.75, 3.05) is 10.6 Å². The second-order valence-electron chi connectivity index (χ2n) is 4.44. The van der Waals surface area contributed by atoms with E-state index >= 15 is 0 Å². The molecule has 116 valence electrons. The van der Waals surface area contributed by atoms with Crippen LogP contribution in [0, 0.1) is 5.82 Å². The lowest BCUT2D eigenvalue weighted by Crippen LogP contribution is -2.20. The fraction of sp³-hybridized carbons (Fsp3) is 0. The van der Waals surface area contributed by atoms with E-state index in [1.165, 1.54) is 24.5 Å². The van der Waals surface area contributed by atoms with Gasteiger partial charge in [-0.3, -0.25) is 9.88 Å². The molecular formula is C14H10ClFN6O. The van der Waals surface area contributed by atoms with Gasteiger partial charge >= 0.3 is 6.03 Å². The van der Waals surface area contributed by atoms with Crippen molar-refractivity contribution in [2.45, 2.75) is 0 Å². The maximum atomic E-state index is 13.1. The van der Waals surface area contributed by atoms with Crippen molar-refractivity contribution in [3.8, 4) is 5.82 Å². The van der Waals surface area contributed by atoms with Crippen LogP contribution in [0.3, 0.4) is 0 Å². The van der Waals surface area contributed by atoms with E-state index in [9.17, 15) is 9.18 Å². The minimum absolute atomic E-state index is 0.0766. The largest absolute Gasteiger partial charge is 0.324 e. The van der Waals surface area contributed by atoms with Gasteiger partial charge in [0.05, 0.1) is 5.02 Å². The smallest absolute Gasteiger partial charge is 0.308 e. The van der Waals surface area contributed by atoms with E-state index in [4.69, 9.17) is 11.6 Å². The lowest BCUT2D eigenvalue weighted by Gasteiger charge is -2.08. The van der Waals surface area contributed by atoms with Crippen molar-refractivity contribution in [2.24, 2.45) is 0 Å². The van der Waals surface area contributed by atoms with E-state index in [2.05, 4.69) is 25.6 Å². The van der Waals surface area contributed by atoms with Crippen LogP contribution < -0.4 is 10.6 Å². The van der Waals surface area contributed by atoms with Crippen LogP contribution in [-0.2, 0) is 0 Å². The van der Waals surface area contributed by atoms with Crippen molar-refractivity contribution in [1.29, 1.82) is 0 Å². The van der Waals surface area contributed by atoms with Crippen molar-refractivity contribution in [1.82, 2.24) is 19.5 Å². The van der Waals surface area contributed by atoms with E-state index in [1.54, 1.807) is 29.4 Å². The first kappa shape index (κ1) is 14.9. The number of carbonyl (C=O) groups is 1. The molecule has 0 unspecified atom stereocenters. The molecule has 1 aromatic carbocycles. The first-order valence-corrected chi connectivity index (χ1v) is 6.83. The Bertz CT molecular complexity index is 839. The molecule has 0 fully saturated rings. The van der Waals surface area contributed by atoms with Gasteiger partial charge in [-0.2, -0.15) is 0 Å². The number of hydrogen-bond donors (Lipinski definition) is 2. The summed E-state index contributed by atoms with van der Waals surface area (Å²) in [6, 6.07) is 4.92. The number of rotatable bonds is 3. The van der Waals surface area contributed by atoms with Gasteiger partial charge in [-0.05, 0) is 18.2 Å². The van der Waals surface area contributed by atoms with Crippen LogP contribution in [-0.4, -0.2) is 25.6 Å². The van der Waals surface area contributed by atoms with Gasteiger partial charge in [0.1, 0.15) is 30.1 Å². The molecule has 0 bridgehead atoms. The zero-order valence-electron chi connectivity index (χ0n) is 11.6. The molecule has 7 nitrogen and oxygen atoms in total. The monoisotopic (exact) mass is 332 g/mol. The second kappa shape index (κ2) is 6.41. The van der Waals surface area contributed by atoms with Crippen LogP contribution in [0.15, 0.2) is 49.3 Å². The highest BCUT2D eigenvalue weighted by atomic mass is 35.5. The summed E-state index contributed by atoms with van der Waals surface area (Å²) in [7, 11) is 0. The maximum absolute atomic E-state index is 13.1. The van der Waals surface area contributed by atoms with Crippen molar-refractivity contribution in [3.63, 3.8) is 0 Å². The summed E-state index contributed by atoms with van der Waals surface area (Å²) in [4.78, 5) is 23.9. The molecule has 0 spiro atoms. The van der Waals surface area contributed by atoms with Crippen molar-refractivity contribution < 1.29 is 9.18 Å². The molecule has 0 aliphatic rings. The highest BCUT2D eigenvalue weighted by molar-refractivity contribution is 6.31. The van der Waals surface area contributed by atoms with Crippen LogP contribution in [0.25, 0.3) is 5.82 Å². The maximum Gasteiger partial charge on any atom is 0.324 e. The summed E-state index contributed by atoms with van der Waals surface area (Å²) in [6.45, 7) is 0. The third-order valence-electron chi connectivity index (χ3n) is 2.84. The number of anilines is 2. The molecule has 0 saturated heterocycles.